The van der Waals surface area contributed by atoms with Gasteiger partial charge in [-0.1, -0.05) is 12.8 Å². The van der Waals surface area contributed by atoms with Crippen LogP contribution in [-0.4, -0.2) is 25.8 Å². The van der Waals surface area contributed by atoms with Crippen LogP contribution >= 0.6 is 24.0 Å². The van der Waals surface area contributed by atoms with E-state index in [1.807, 2.05) is 11.8 Å². The summed E-state index contributed by atoms with van der Waals surface area (Å²) < 4.78 is 2.35. The minimum atomic E-state index is -0.125. The van der Waals surface area contributed by atoms with Gasteiger partial charge in [-0.25, -0.2) is 9.89 Å². The highest BCUT2D eigenvalue weighted by atomic mass is 32.2. The second kappa shape index (κ2) is 4.17. The van der Waals surface area contributed by atoms with Crippen molar-refractivity contribution in [1.29, 1.82) is 0 Å². The Balaban J connectivity index is 2.27. The van der Waals surface area contributed by atoms with E-state index in [9.17, 15) is 4.79 Å². The van der Waals surface area contributed by atoms with Gasteiger partial charge >= 0.3 is 5.69 Å². The monoisotopic (exact) mass is 245 g/mol. The van der Waals surface area contributed by atoms with Gasteiger partial charge in [0.1, 0.15) is 0 Å². The van der Waals surface area contributed by atoms with Crippen molar-refractivity contribution >= 4 is 24.0 Å². The molecule has 6 heteroatoms. The van der Waals surface area contributed by atoms with Gasteiger partial charge in [-0.05, 0) is 31.3 Å². The number of H-pyrrole nitrogens is 2. The zero-order valence-electron chi connectivity index (χ0n) is 8.71. The van der Waals surface area contributed by atoms with Crippen LogP contribution in [0.2, 0.25) is 0 Å². The van der Waals surface area contributed by atoms with Gasteiger partial charge in [0.05, 0.1) is 0 Å². The number of aromatic nitrogens is 3. The summed E-state index contributed by atoms with van der Waals surface area (Å²) in [5.74, 6) is 0. The van der Waals surface area contributed by atoms with Crippen LogP contribution in [-0.2, 0) is 6.54 Å². The summed E-state index contributed by atoms with van der Waals surface area (Å²) in [6.07, 6.45) is 7.00. The third kappa shape index (κ3) is 2.06. The Morgan fingerprint density at radius 2 is 2.13 bits per heavy atom. The Morgan fingerprint density at radius 3 is 2.60 bits per heavy atom. The van der Waals surface area contributed by atoms with Crippen LogP contribution in [0, 0.1) is 4.77 Å². The molecule has 0 aromatic carbocycles. The molecule has 0 radical (unpaired) electrons. The summed E-state index contributed by atoms with van der Waals surface area (Å²) in [5, 5.41) is 5.20. The van der Waals surface area contributed by atoms with Crippen molar-refractivity contribution in [2.75, 3.05) is 6.26 Å². The Bertz CT molecular complexity index is 411. The summed E-state index contributed by atoms with van der Waals surface area (Å²) in [6.45, 7) is 0.728. The SMILES string of the molecule is CSC1(Cn2c(=O)[nH][nH]c2=S)CCCC1. The lowest BCUT2D eigenvalue weighted by molar-refractivity contribution is 0.492. The van der Waals surface area contributed by atoms with E-state index < -0.39 is 0 Å². The quantitative estimate of drug-likeness (QED) is 0.800. The number of aromatic amines is 2. The van der Waals surface area contributed by atoms with E-state index in [0.717, 1.165) is 6.54 Å². The van der Waals surface area contributed by atoms with Crippen molar-refractivity contribution in [1.82, 2.24) is 14.8 Å². The van der Waals surface area contributed by atoms with E-state index in [4.69, 9.17) is 12.2 Å². The molecule has 1 aromatic rings. The van der Waals surface area contributed by atoms with Crippen LogP contribution in [0.3, 0.4) is 0 Å². The number of hydrogen-bond donors (Lipinski definition) is 2. The molecular formula is C9H15N3OS2. The number of nitrogens with zero attached hydrogens (tertiary/aromatic N) is 1. The molecule has 0 bridgehead atoms. The second-order valence-corrected chi connectivity index (χ2v) is 5.70. The summed E-state index contributed by atoms with van der Waals surface area (Å²) in [4.78, 5) is 11.5. The van der Waals surface area contributed by atoms with Crippen LogP contribution in [0.4, 0.5) is 0 Å². The summed E-state index contributed by atoms with van der Waals surface area (Å²) in [7, 11) is 0. The van der Waals surface area contributed by atoms with Crippen LogP contribution in [0.1, 0.15) is 25.7 Å². The van der Waals surface area contributed by atoms with Gasteiger partial charge in [0, 0.05) is 11.3 Å². The smallest absolute Gasteiger partial charge is 0.272 e. The van der Waals surface area contributed by atoms with Crippen LogP contribution in [0.5, 0.6) is 0 Å². The van der Waals surface area contributed by atoms with Gasteiger partial charge in [0.15, 0.2) is 4.77 Å². The highest BCUT2D eigenvalue weighted by Crippen LogP contribution is 2.41. The Morgan fingerprint density at radius 1 is 1.47 bits per heavy atom. The normalized spacial score (nSPS) is 19.5. The molecular weight excluding hydrogens is 230 g/mol. The molecule has 2 N–H and O–H groups in total. The number of nitrogens with one attached hydrogen (secondary N) is 2. The Kier molecular flexibility index (Phi) is 3.06. The van der Waals surface area contributed by atoms with E-state index in [-0.39, 0.29) is 10.4 Å². The molecule has 2 rings (SSSR count). The minimum absolute atomic E-state index is 0.125. The van der Waals surface area contributed by atoms with Crippen LogP contribution < -0.4 is 5.69 Å². The average molecular weight is 245 g/mol. The maximum absolute atomic E-state index is 11.5. The predicted octanol–water partition coefficient (Wildman–Crippen LogP) is 1.91. The molecule has 0 saturated heterocycles. The van der Waals surface area contributed by atoms with Crippen molar-refractivity contribution in [2.45, 2.75) is 37.0 Å². The topological polar surface area (TPSA) is 53.6 Å². The summed E-state index contributed by atoms with van der Waals surface area (Å²) in [6, 6.07) is 0. The number of thioether (sulfide) groups is 1. The molecule has 84 valence electrons. The predicted molar refractivity (Wildman–Crippen MR) is 65.0 cm³/mol. The van der Waals surface area contributed by atoms with Crippen LogP contribution in [0.25, 0.3) is 0 Å². The van der Waals surface area contributed by atoms with Gasteiger partial charge in [-0.15, -0.1) is 0 Å². The van der Waals surface area contributed by atoms with E-state index in [2.05, 4.69) is 16.5 Å². The number of hydrogen-bond acceptors (Lipinski definition) is 3. The third-order valence-corrected chi connectivity index (χ3v) is 4.89. The first-order chi connectivity index (χ1) is 7.17. The molecule has 1 fully saturated rings. The molecule has 1 aromatic heterocycles. The lowest BCUT2D eigenvalue weighted by atomic mass is 10.1. The molecule has 1 aliphatic rings. The van der Waals surface area contributed by atoms with E-state index in [1.54, 1.807) is 4.57 Å². The molecule has 0 atom stereocenters. The van der Waals surface area contributed by atoms with Crippen molar-refractivity contribution in [3.05, 3.63) is 15.3 Å². The highest BCUT2D eigenvalue weighted by Gasteiger charge is 2.34. The third-order valence-electron chi connectivity index (χ3n) is 3.16. The second-order valence-electron chi connectivity index (χ2n) is 4.04. The molecule has 0 unspecified atom stereocenters. The molecule has 0 aliphatic heterocycles. The highest BCUT2D eigenvalue weighted by molar-refractivity contribution is 8.00. The largest absolute Gasteiger partial charge is 0.342 e. The molecule has 4 nitrogen and oxygen atoms in total. The molecule has 1 saturated carbocycles. The molecule has 1 aliphatic carbocycles. The molecule has 1 heterocycles. The Labute approximate surface area is 97.5 Å². The first kappa shape index (κ1) is 11.0. The van der Waals surface area contributed by atoms with Gasteiger partial charge in [-0.3, -0.25) is 9.67 Å². The number of rotatable bonds is 3. The zero-order chi connectivity index (χ0) is 10.9. The fourth-order valence-corrected chi connectivity index (χ4v) is 3.37. The zero-order valence-corrected chi connectivity index (χ0v) is 10.3. The fraction of sp³-hybridized carbons (Fsp3) is 0.778. The van der Waals surface area contributed by atoms with Gasteiger partial charge in [-0.2, -0.15) is 11.8 Å². The average Bonchev–Trinajstić information content (AvgIpc) is 2.81. The van der Waals surface area contributed by atoms with E-state index in [0.29, 0.717) is 4.77 Å². The van der Waals surface area contributed by atoms with Crippen molar-refractivity contribution in [3.8, 4) is 0 Å². The standard InChI is InChI=1S/C9H15N3OS2/c1-15-9(4-2-3-5-9)6-12-7(13)10-11-8(12)14/h2-6H2,1H3,(H,10,13)(H,11,14). The van der Waals surface area contributed by atoms with E-state index >= 15 is 0 Å². The Hall–Kier alpha value is -0.490. The lowest BCUT2D eigenvalue weighted by Gasteiger charge is -2.26. The van der Waals surface area contributed by atoms with Crippen LogP contribution in [0.15, 0.2) is 4.79 Å². The molecule has 15 heavy (non-hydrogen) atoms. The maximum atomic E-state index is 11.5. The van der Waals surface area contributed by atoms with Crippen molar-refractivity contribution in [2.24, 2.45) is 0 Å². The van der Waals surface area contributed by atoms with Gasteiger partial charge < -0.3 is 0 Å². The van der Waals surface area contributed by atoms with Gasteiger partial charge in [0.2, 0.25) is 0 Å². The fourth-order valence-electron chi connectivity index (χ4n) is 2.21. The van der Waals surface area contributed by atoms with Crippen molar-refractivity contribution in [3.63, 3.8) is 0 Å². The van der Waals surface area contributed by atoms with Crippen molar-refractivity contribution < 1.29 is 0 Å². The minimum Gasteiger partial charge on any atom is -0.272 e. The first-order valence-corrected chi connectivity index (χ1v) is 6.73. The lowest BCUT2D eigenvalue weighted by Crippen LogP contribution is -2.32. The first-order valence-electron chi connectivity index (χ1n) is 5.09. The summed E-state index contributed by atoms with van der Waals surface area (Å²) >= 11 is 6.93. The van der Waals surface area contributed by atoms with Gasteiger partial charge in [0.25, 0.3) is 0 Å². The summed E-state index contributed by atoms with van der Waals surface area (Å²) in [5.41, 5.74) is -0.125. The molecule has 0 amide bonds. The maximum Gasteiger partial charge on any atom is 0.342 e. The molecule has 0 spiro atoms. The van der Waals surface area contributed by atoms with E-state index in [1.165, 1.54) is 25.7 Å².